The molecule has 1 unspecified atom stereocenters. The molecule has 0 aliphatic carbocycles. The Bertz CT molecular complexity index is 646. The molecular weight excluding hydrogens is 366 g/mol. The second-order valence-electron chi connectivity index (χ2n) is 8.18. The maximum absolute atomic E-state index is 5.94. The number of hydrogen-bond acceptors (Lipinski definition) is 5. The average molecular weight is 404 g/mol. The minimum absolute atomic E-state index is 0.196. The van der Waals surface area contributed by atoms with Gasteiger partial charge in [0.25, 0.3) is 0 Å². The lowest BCUT2D eigenvalue weighted by Crippen LogP contribution is -2.50. The third-order valence-electron chi connectivity index (χ3n) is 5.36. The van der Waals surface area contributed by atoms with E-state index in [0.717, 1.165) is 71.6 Å². The molecule has 0 saturated carbocycles. The van der Waals surface area contributed by atoms with Crippen molar-refractivity contribution >= 4 is 11.6 Å². The van der Waals surface area contributed by atoms with Crippen molar-refractivity contribution in [3.8, 4) is 0 Å². The fourth-order valence-corrected chi connectivity index (χ4v) is 3.97. The van der Waals surface area contributed by atoms with E-state index in [1.54, 1.807) is 0 Å². The molecule has 2 heterocycles. The number of benzene rings is 1. The summed E-state index contributed by atoms with van der Waals surface area (Å²) in [5.41, 5.74) is 2.55. The van der Waals surface area contributed by atoms with Crippen molar-refractivity contribution < 1.29 is 9.47 Å². The summed E-state index contributed by atoms with van der Waals surface area (Å²) in [4.78, 5) is 9.28. The molecule has 1 aromatic carbocycles. The highest BCUT2D eigenvalue weighted by Gasteiger charge is 2.21. The first-order valence-electron chi connectivity index (χ1n) is 10.8. The Balaban J connectivity index is 1.48. The lowest BCUT2D eigenvalue weighted by molar-refractivity contribution is -0.0284. The average Bonchev–Trinajstić information content (AvgIpc) is 2.74. The van der Waals surface area contributed by atoms with Crippen molar-refractivity contribution in [2.24, 2.45) is 10.9 Å². The Kier molecular flexibility index (Phi) is 8.58. The van der Waals surface area contributed by atoms with Crippen molar-refractivity contribution in [2.45, 2.75) is 26.5 Å². The summed E-state index contributed by atoms with van der Waals surface area (Å²) in [7, 11) is 1.82. The van der Waals surface area contributed by atoms with Crippen LogP contribution in [-0.2, 0) is 16.0 Å². The van der Waals surface area contributed by atoms with Crippen LogP contribution in [0, 0.1) is 5.92 Å². The number of nitrogens with zero attached hydrogens (tertiary/aromatic N) is 3. The highest BCUT2D eigenvalue weighted by Crippen LogP contribution is 2.21. The molecule has 0 radical (unpaired) electrons. The van der Waals surface area contributed by atoms with Crippen molar-refractivity contribution in [1.29, 1.82) is 0 Å². The van der Waals surface area contributed by atoms with Crippen LogP contribution >= 0.6 is 0 Å². The largest absolute Gasteiger partial charge is 0.378 e. The van der Waals surface area contributed by atoms with Crippen LogP contribution in [0.3, 0.4) is 0 Å². The summed E-state index contributed by atoms with van der Waals surface area (Å²) in [5, 5.41) is 6.90. The molecule has 1 atom stereocenters. The molecule has 3 rings (SSSR count). The molecule has 2 saturated heterocycles. The standard InChI is InChI=1S/C22H37N5O2/c1-18(2)16-26-8-13-29-20(17-26)15-25-22(23-3)24-14-19-6-4-5-7-21(19)27-9-11-28-12-10-27/h4-7,18,20H,8-17H2,1-3H3,(H2,23,24,25). The lowest BCUT2D eigenvalue weighted by atomic mass is 10.1. The zero-order valence-electron chi connectivity index (χ0n) is 18.2. The third-order valence-corrected chi connectivity index (χ3v) is 5.36. The van der Waals surface area contributed by atoms with Gasteiger partial charge in [-0.25, -0.2) is 0 Å². The van der Waals surface area contributed by atoms with Gasteiger partial charge in [0.1, 0.15) is 0 Å². The van der Waals surface area contributed by atoms with E-state index >= 15 is 0 Å². The monoisotopic (exact) mass is 403 g/mol. The molecule has 2 fully saturated rings. The van der Waals surface area contributed by atoms with Crippen LogP contribution in [0.5, 0.6) is 0 Å². The molecule has 2 aliphatic rings. The molecule has 0 amide bonds. The SMILES string of the molecule is CN=C(NCc1ccccc1N1CCOCC1)NCC1CN(CC(C)C)CCO1. The highest BCUT2D eigenvalue weighted by atomic mass is 16.5. The van der Waals surface area contributed by atoms with E-state index < -0.39 is 0 Å². The van der Waals surface area contributed by atoms with Gasteiger partial charge in [-0.3, -0.25) is 9.89 Å². The van der Waals surface area contributed by atoms with Crippen LogP contribution in [0.4, 0.5) is 5.69 Å². The van der Waals surface area contributed by atoms with Crippen molar-refractivity contribution in [1.82, 2.24) is 15.5 Å². The van der Waals surface area contributed by atoms with Crippen LogP contribution in [0.15, 0.2) is 29.3 Å². The van der Waals surface area contributed by atoms with Gasteiger partial charge in [-0.1, -0.05) is 32.0 Å². The molecule has 0 bridgehead atoms. The molecule has 162 valence electrons. The van der Waals surface area contributed by atoms with Gasteiger partial charge < -0.3 is 25.0 Å². The molecule has 0 aromatic heterocycles. The predicted octanol–water partition coefficient (Wildman–Crippen LogP) is 1.55. The number of aliphatic imine (C=N–C) groups is 1. The van der Waals surface area contributed by atoms with Gasteiger partial charge in [-0.05, 0) is 17.5 Å². The number of hydrogen-bond donors (Lipinski definition) is 2. The summed E-state index contributed by atoms with van der Waals surface area (Å²) >= 11 is 0. The number of guanidine groups is 1. The van der Waals surface area contributed by atoms with Crippen LogP contribution < -0.4 is 15.5 Å². The van der Waals surface area contributed by atoms with E-state index in [9.17, 15) is 0 Å². The summed E-state index contributed by atoms with van der Waals surface area (Å²) in [6.45, 7) is 13.4. The fourth-order valence-electron chi connectivity index (χ4n) is 3.97. The smallest absolute Gasteiger partial charge is 0.191 e. The van der Waals surface area contributed by atoms with Crippen LogP contribution in [0.25, 0.3) is 0 Å². The maximum atomic E-state index is 5.94. The van der Waals surface area contributed by atoms with Gasteiger partial charge in [0.15, 0.2) is 5.96 Å². The number of para-hydroxylation sites is 1. The summed E-state index contributed by atoms with van der Waals surface area (Å²) in [5.74, 6) is 1.49. The normalized spacial score (nSPS) is 21.4. The molecule has 29 heavy (non-hydrogen) atoms. The summed E-state index contributed by atoms with van der Waals surface area (Å²) in [6, 6.07) is 8.57. The number of morpholine rings is 2. The van der Waals surface area contributed by atoms with Crippen LogP contribution in [0.2, 0.25) is 0 Å². The van der Waals surface area contributed by atoms with Gasteiger partial charge >= 0.3 is 0 Å². The highest BCUT2D eigenvalue weighted by molar-refractivity contribution is 5.79. The number of anilines is 1. The van der Waals surface area contributed by atoms with E-state index in [1.807, 2.05) is 7.05 Å². The summed E-state index contributed by atoms with van der Waals surface area (Å²) < 4.78 is 11.4. The van der Waals surface area contributed by atoms with Crippen molar-refractivity contribution in [3.63, 3.8) is 0 Å². The minimum Gasteiger partial charge on any atom is -0.378 e. The van der Waals surface area contributed by atoms with Crippen molar-refractivity contribution in [3.05, 3.63) is 29.8 Å². The first-order chi connectivity index (χ1) is 14.2. The van der Waals surface area contributed by atoms with E-state index in [4.69, 9.17) is 9.47 Å². The van der Waals surface area contributed by atoms with E-state index in [2.05, 4.69) is 63.5 Å². The lowest BCUT2D eigenvalue weighted by Gasteiger charge is -2.34. The van der Waals surface area contributed by atoms with Gasteiger partial charge in [-0.15, -0.1) is 0 Å². The molecular formula is C22H37N5O2. The maximum Gasteiger partial charge on any atom is 0.191 e. The molecule has 2 N–H and O–H groups in total. The first-order valence-corrected chi connectivity index (χ1v) is 10.8. The fraction of sp³-hybridized carbons (Fsp3) is 0.682. The van der Waals surface area contributed by atoms with Gasteiger partial charge in [0.2, 0.25) is 0 Å². The van der Waals surface area contributed by atoms with E-state index in [0.29, 0.717) is 5.92 Å². The van der Waals surface area contributed by atoms with E-state index in [-0.39, 0.29) is 6.10 Å². The van der Waals surface area contributed by atoms with E-state index in [1.165, 1.54) is 11.3 Å². The zero-order valence-corrected chi connectivity index (χ0v) is 18.2. The van der Waals surface area contributed by atoms with Gasteiger partial charge in [0.05, 0.1) is 25.9 Å². The van der Waals surface area contributed by atoms with Crippen LogP contribution in [-0.4, -0.2) is 83.1 Å². The molecule has 0 spiro atoms. The minimum atomic E-state index is 0.196. The second-order valence-corrected chi connectivity index (χ2v) is 8.18. The zero-order chi connectivity index (χ0) is 20.5. The molecule has 7 nitrogen and oxygen atoms in total. The molecule has 2 aliphatic heterocycles. The second kappa shape index (κ2) is 11.4. The number of ether oxygens (including phenoxy) is 2. The van der Waals surface area contributed by atoms with Gasteiger partial charge in [-0.2, -0.15) is 0 Å². The Labute approximate surface area is 175 Å². The number of rotatable bonds is 7. The van der Waals surface area contributed by atoms with Gasteiger partial charge in [0, 0.05) is 58.5 Å². The molecule has 7 heteroatoms. The summed E-state index contributed by atoms with van der Waals surface area (Å²) in [6.07, 6.45) is 0.196. The number of nitrogens with one attached hydrogen (secondary N) is 2. The predicted molar refractivity (Wildman–Crippen MR) is 119 cm³/mol. The first kappa shape index (κ1) is 21.9. The van der Waals surface area contributed by atoms with Crippen LogP contribution in [0.1, 0.15) is 19.4 Å². The topological polar surface area (TPSA) is 61.4 Å². The quantitative estimate of drug-likeness (QED) is 0.532. The third kappa shape index (κ3) is 6.87. The Morgan fingerprint density at radius 2 is 1.93 bits per heavy atom. The van der Waals surface area contributed by atoms with Crippen molar-refractivity contribution in [2.75, 3.05) is 71.0 Å². The Morgan fingerprint density at radius 1 is 1.14 bits per heavy atom. The molecule has 1 aromatic rings. The Morgan fingerprint density at radius 3 is 2.69 bits per heavy atom. The Hall–Kier alpha value is -1.83.